The van der Waals surface area contributed by atoms with Gasteiger partial charge in [-0.25, -0.2) is 0 Å². The predicted molar refractivity (Wildman–Crippen MR) is 47.4 cm³/mol. The number of phenolic OH excluding ortho intramolecular Hbond substituents is 1. The van der Waals surface area contributed by atoms with E-state index >= 15 is 0 Å². The number of carbonyl (C=O) groups is 1. The number of aromatic hydroxyl groups is 1. The fraction of sp³-hybridized carbons (Fsp3) is 0.200. The molecule has 0 aliphatic carbocycles. The Morgan fingerprint density at radius 1 is 1.62 bits per heavy atom. The summed E-state index contributed by atoms with van der Waals surface area (Å²) in [5, 5.41) is 17.6. The molecule has 13 heavy (non-hydrogen) atoms. The molecular weight excluding hydrogens is 166 g/mol. The topological polar surface area (TPSA) is 61.1 Å². The largest absolute Gasteiger partial charge is 0.508 e. The van der Waals surface area contributed by atoms with Crippen LogP contribution in [0.5, 0.6) is 5.75 Å². The fourth-order valence-corrected chi connectivity index (χ4v) is 1.13. The molecule has 0 aliphatic heterocycles. The molecule has 0 amide bonds. The van der Waals surface area contributed by atoms with Crippen LogP contribution in [-0.2, 0) is 6.42 Å². The van der Waals surface area contributed by atoms with Gasteiger partial charge in [0.1, 0.15) is 5.75 Å². The molecule has 0 atom stereocenters. The summed E-state index contributed by atoms with van der Waals surface area (Å²) in [6.07, 6.45) is 0.190. The molecule has 1 aromatic carbocycles. The third-order valence-electron chi connectivity index (χ3n) is 1.74. The highest BCUT2D eigenvalue weighted by atomic mass is 16.3. The summed E-state index contributed by atoms with van der Waals surface area (Å²) in [6.45, 7) is 1.41. The smallest absolute Gasteiger partial charge is 0.160 e. The first-order chi connectivity index (χ1) is 6.15. The number of carbonyl (C=O) groups excluding carboxylic acids is 1. The number of nitrogens with zero attached hydrogens (tertiary/aromatic N) is 1. The van der Waals surface area contributed by atoms with Crippen molar-refractivity contribution in [3.05, 3.63) is 29.3 Å². The van der Waals surface area contributed by atoms with Crippen LogP contribution in [0.4, 0.5) is 0 Å². The number of ketones is 1. The summed E-state index contributed by atoms with van der Waals surface area (Å²) in [5.74, 6) is -0.0898. The van der Waals surface area contributed by atoms with Crippen LogP contribution in [0.1, 0.15) is 22.8 Å². The maximum Gasteiger partial charge on any atom is 0.160 e. The van der Waals surface area contributed by atoms with E-state index in [0.29, 0.717) is 11.1 Å². The van der Waals surface area contributed by atoms with Gasteiger partial charge in [-0.05, 0) is 24.6 Å². The van der Waals surface area contributed by atoms with E-state index in [4.69, 9.17) is 10.4 Å². The second kappa shape index (κ2) is 3.72. The third kappa shape index (κ3) is 2.06. The molecular formula is C10H9NO2. The lowest BCUT2D eigenvalue weighted by atomic mass is 10.0. The van der Waals surface area contributed by atoms with Gasteiger partial charge in [-0.3, -0.25) is 4.79 Å². The van der Waals surface area contributed by atoms with E-state index in [-0.39, 0.29) is 18.0 Å². The van der Waals surface area contributed by atoms with Gasteiger partial charge in [-0.1, -0.05) is 6.07 Å². The number of nitriles is 1. The van der Waals surface area contributed by atoms with Gasteiger partial charge < -0.3 is 5.11 Å². The molecule has 0 bridgehead atoms. The second-order valence-electron chi connectivity index (χ2n) is 2.73. The van der Waals surface area contributed by atoms with Crippen molar-refractivity contribution in [2.75, 3.05) is 0 Å². The van der Waals surface area contributed by atoms with Crippen molar-refractivity contribution in [1.82, 2.24) is 0 Å². The zero-order chi connectivity index (χ0) is 9.84. The standard InChI is InChI=1S/C10H9NO2/c1-7(12)10-6-9(13)3-2-8(10)4-5-11/h2-3,6,13H,4H2,1H3. The van der Waals surface area contributed by atoms with Gasteiger partial charge in [0.15, 0.2) is 5.78 Å². The molecule has 0 unspecified atom stereocenters. The molecule has 1 rings (SSSR count). The zero-order valence-corrected chi connectivity index (χ0v) is 7.24. The summed E-state index contributed by atoms with van der Waals surface area (Å²) < 4.78 is 0. The van der Waals surface area contributed by atoms with Crippen LogP contribution in [0.15, 0.2) is 18.2 Å². The lowest BCUT2D eigenvalue weighted by Gasteiger charge is -2.02. The maximum absolute atomic E-state index is 11.1. The van der Waals surface area contributed by atoms with Crippen LogP contribution in [-0.4, -0.2) is 10.9 Å². The van der Waals surface area contributed by atoms with Gasteiger partial charge in [0, 0.05) is 5.56 Å². The fourth-order valence-electron chi connectivity index (χ4n) is 1.13. The highest BCUT2D eigenvalue weighted by Crippen LogP contribution is 2.17. The summed E-state index contributed by atoms with van der Waals surface area (Å²) >= 11 is 0. The maximum atomic E-state index is 11.1. The molecule has 0 fully saturated rings. The first-order valence-electron chi connectivity index (χ1n) is 3.85. The van der Waals surface area contributed by atoms with Gasteiger partial charge in [0.05, 0.1) is 12.5 Å². The van der Waals surface area contributed by atoms with E-state index in [1.165, 1.54) is 19.1 Å². The first-order valence-corrected chi connectivity index (χ1v) is 3.85. The Labute approximate surface area is 76.2 Å². The van der Waals surface area contributed by atoms with Crippen LogP contribution in [0.3, 0.4) is 0 Å². The molecule has 1 aromatic rings. The Bertz CT molecular complexity index is 377. The molecule has 66 valence electrons. The van der Waals surface area contributed by atoms with Gasteiger partial charge in [0.25, 0.3) is 0 Å². The van der Waals surface area contributed by atoms with Crippen LogP contribution in [0.2, 0.25) is 0 Å². The molecule has 0 aliphatic rings. The van der Waals surface area contributed by atoms with Gasteiger partial charge in [0.2, 0.25) is 0 Å². The average molecular weight is 175 g/mol. The van der Waals surface area contributed by atoms with E-state index in [0.717, 1.165) is 0 Å². The molecule has 0 saturated carbocycles. The minimum absolute atomic E-state index is 0.0480. The number of Topliss-reactive ketones (excluding diaryl/α,β-unsaturated/α-hetero) is 1. The van der Waals surface area contributed by atoms with E-state index in [9.17, 15) is 4.79 Å². The number of hydrogen-bond donors (Lipinski definition) is 1. The van der Waals surface area contributed by atoms with Crippen molar-refractivity contribution in [3.8, 4) is 11.8 Å². The molecule has 0 radical (unpaired) electrons. The summed E-state index contributed by atoms with van der Waals surface area (Å²) in [5.41, 5.74) is 1.08. The Kier molecular flexibility index (Phi) is 2.65. The van der Waals surface area contributed by atoms with E-state index in [2.05, 4.69) is 0 Å². The van der Waals surface area contributed by atoms with Crippen molar-refractivity contribution in [1.29, 1.82) is 5.26 Å². The summed E-state index contributed by atoms with van der Waals surface area (Å²) in [7, 11) is 0. The second-order valence-corrected chi connectivity index (χ2v) is 2.73. The van der Waals surface area contributed by atoms with Crippen molar-refractivity contribution in [2.24, 2.45) is 0 Å². The van der Waals surface area contributed by atoms with Gasteiger partial charge in [-0.15, -0.1) is 0 Å². The third-order valence-corrected chi connectivity index (χ3v) is 1.74. The van der Waals surface area contributed by atoms with Crippen LogP contribution in [0.25, 0.3) is 0 Å². The van der Waals surface area contributed by atoms with E-state index in [1.807, 2.05) is 6.07 Å². The Morgan fingerprint density at radius 2 is 2.31 bits per heavy atom. The minimum Gasteiger partial charge on any atom is -0.508 e. The zero-order valence-electron chi connectivity index (χ0n) is 7.24. The molecule has 0 aromatic heterocycles. The van der Waals surface area contributed by atoms with Gasteiger partial charge in [-0.2, -0.15) is 5.26 Å². The average Bonchev–Trinajstić information content (AvgIpc) is 2.08. The molecule has 0 heterocycles. The molecule has 0 saturated heterocycles. The highest BCUT2D eigenvalue weighted by Gasteiger charge is 2.07. The lowest BCUT2D eigenvalue weighted by molar-refractivity contribution is 0.101. The quantitative estimate of drug-likeness (QED) is 0.695. The summed E-state index contributed by atoms with van der Waals surface area (Å²) in [6, 6.07) is 6.41. The number of phenols is 1. The van der Waals surface area contributed by atoms with E-state index < -0.39 is 0 Å². The minimum atomic E-state index is -0.138. The van der Waals surface area contributed by atoms with E-state index in [1.54, 1.807) is 6.07 Å². The number of hydrogen-bond acceptors (Lipinski definition) is 3. The summed E-state index contributed by atoms with van der Waals surface area (Å²) in [4.78, 5) is 11.1. The predicted octanol–water partition coefficient (Wildman–Crippen LogP) is 1.66. The monoisotopic (exact) mass is 175 g/mol. The molecule has 3 nitrogen and oxygen atoms in total. The van der Waals surface area contributed by atoms with Crippen LogP contribution in [0, 0.1) is 11.3 Å². The first kappa shape index (κ1) is 9.27. The lowest BCUT2D eigenvalue weighted by Crippen LogP contribution is -1.98. The van der Waals surface area contributed by atoms with Crippen molar-refractivity contribution < 1.29 is 9.90 Å². The van der Waals surface area contributed by atoms with Crippen molar-refractivity contribution in [3.63, 3.8) is 0 Å². The van der Waals surface area contributed by atoms with Crippen LogP contribution < -0.4 is 0 Å². The Balaban J connectivity index is 3.20. The van der Waals surface area contributed by atoms with Crippen LogP contribution >= 0.6 is 0 Å². The highest BCUT2D eigenvalue weighted by molar-refractivity contribution is 5.96. The van der Waals surface area contributed by atoms with Crippen molar-refractivity contribution in [2.45, 2.75) is 13.3 Å². The number of benzene rings is 1. The molecule has 3 heteroatoms. The number of rotatable bonds is 2. The Hall–Kier alpha value is -1.82. The molecule has 0 spiro atoms. The van der Waals surface area contributed by atoms with Gasteiger partial charge >= 0.3 is 0 Å². The normalized spacial score (nSPS) is 9.23. The molecule has 1 N–H and O–H groups in total. The van der Waals surface area contributed by atoms with Crippen molar-refractivity contribution >= 4 is 5.78 Å². The SMILES string of the molecule is CC(=O)c1cc(O)ccc1CC#N. The Morgan fingerprint density at radius 3 is 2.85 bits per heavy atom.